The van der Waals surface area contributed by atoms with E-state index in [1.54, 1.807) is 11.8 Å². The van der Waals surface area contributed by atoms with E-state index >= 15 is 0 Å². The third-order valence-corrected chi connectivity index (χ3v) is 4.86. The van der Waals surface area contributed by atoms with Crippen molar-refractivity contribution in [3.05, 3.63) is 71.8 Å². The van der Waals surface area contributed by atoms with Gasteiger partial charge in [-0.1, -0.05) is 60.7 Å². The number of carbonyl (C=O) groups excluding carboxylic acids is 1. The summed E-state index contributed by atoms with van der Waals surface area (Å²) in [5.41, 5.74) is 2.56. The lowest BCUT2D eigenvalue weighted by atomic mass is 10.1. The average molecular weight is 314 g/mol. The van der Waals surface area contributed by atoms with Gasteiger partial charge >= 0.3 is 5.97 Å². The molecule has 0 fully saturated rings. The summed E-state index contributed by atoms with van der Waals surface area (Å²) < 4.78 is 4.94. The molecule has 0 N–H and O–H groups in total. The van der Waals surface area contributed by atoms with Crippen LogP contribution in [-0.4, -0.2) is 18.3 Å². The minimum absolute atomic E-state index is 0.0890. The van der Waals surface area contributed by atoms with Crippen LogP contribution in [-0.2, 0) is 21.7 Å². The zero-order valence-corrected chi connectivity index (χ0v) is 13.7. The Labute approximate surface area is 136 Å². The zero-order valence-electron chi connectivity index (χ0n) is 12.9. The van der Waals surface area contributed by atoms with Crippen LogP contribution in [0, 0.1) is 0 Å². The number of ether oxygens (including phenoxy) is 1. The van der Waals surface area contributed by atoms with Crippen LogP contribution in [0.25, 0.3) is 0 Å². The molecule has 2 rings (SSSR count). The molecule has 0 amide bonds. The molecule has 116 valence electrons. The first-order chi connectivity index (χ1) is 10.8. The number of thioether (sulfide) groups is 1. The number of hydrogen-bond acceptors (Lipinski definition) is 3. The van der Waals surface area contributed by atoms with E-state index in [4.69, 9.17) is 4.74 Å². The van der Waals surface area contributed by atoms with Crippen LogP contribution in [0.1, 0.15) is 24.0 Å². The first kappa shape index (κ1) is 16.6. The number of aryl methyl sites for hydroxylation is 1. The quantitative estimate of drug-likeness (QED) is 0.672. The Balaban J connectivity index is 1.82. The monoisotopic (exact) mass is 314 g/mol. The minimum Gasteiger partial charge on any atom is -0.468 e. The molecule has 0 aliphatic heterocycles. The molecule has 2 aromatic rings. The van der Waals surface area contributed by atoms with Gasteiger partial charge in [0.25, 0.3) is 0 Å². The standard InChI is InChI=1S/C19H22O2S/c1-21-19(20)18(22-15-17-11-6-3-7-12-17)14-8-13-16-9-4-2-5-10-16/h2-7,9-12,18H,8,13-15H2,1H3. The van der Waals surface area contributed by atoms with Gasteiger partial charge in [0.1, 0.15) is 5.25 Å². The summed E-state index contributed by atoms with van der Waals surface area (Å²) in [5, 5.41) is -0.0890. The molecule has 22 heavy (non-hydrogen) atoms. The summed E-state index contributed by atoms with van der Waals surface area (Å²) in [7, 11) is 1.47. The van der Waals surface area contributed by atoms with Gasteiger partial charge in [0, 0.05) is 5.75 Å². The van der Waals surface area contributed by atoms with Gasteiger partial charge in [-0.3, -0.25) is 4.79 Å². The second kappa shape index (κ2) is 9.31. The summed E-state index contributed by atoms with van der Waals surface area (Å²) in [4.78, 5) is 11.9. The van der Waals surface area contributed by atoms with Crippen molar-refractivity contribution in [1.82, 2.24) is 0 Å². The number of methoxy groups -OCH3 is 1. The van der Waals surface area contributed by atoms with Gasteiger partial charge in [0.05, 0.1) is 7.11 Å². The fourth-order valence-corrected chi connectivity index (χ4v) is 3.46. The minimum atomic E-state index is -0.117. The third kappa shape index (κ3) is 5.57. The maximum absolute atomic E-state index is 11.9. The van der Waals surface area contributed by atoms with E-state index < -0.39 is 0 Å². The van der Waals surface area contributed by atoms with E-state index in [1.165, 1.54) is 18.2 Å². The van der Waals surface area contributed by atoms with Crippen molar-refractivity contribution < 1.29 is 9.53 Å². The van der Waals surface area contributed by atoms with Crippen molar-refractivity contribution in [1.29, 1.82) is 0 Å². The molecule has 0 saturated carbocycles. The molecule has 0 saturated heterocycles. The van der Waals surface area contributed by atoms with Gasteiger partial charge in [-0.2, -0.15) is 0 Å². The van der Waals surface area contributed by atoms with Crippen LogP contribution >= 0.6 is 11.8 Å². The Bertz CT molecular complexity index is 554. The van der Waals surface area contributed by atoms with E-state index in [9.17, 15) is 4.79 Å². The normalized spacial score (nSPS) is 11.9. The van der Waals surface area contributed by atoms with Gasteiger partial charge in [-0.25, -0.2) is 0 Å². The topological polar surface area (TPSA) is 26.3 Å². The lowest BCUT2D eigenvalue weighted by Crippen LogP contribution is -2.19. The van der Waals surface area contributed by atoms with Crippen molar-refractivity contribution in [3.63, 3.8) is 0 Å². The zero-order chi connectivity index (χ0) is 15.6. The first-order valence-electron chi connectivity index (χ1n) is 7.57. The number of esters is 1. The highest BCUT2D eigenvalue weighted by Crippen LogP contribution is 2.23. The molecule has 2 aromatic carbocycles. The first-order valence-corrected chi connectivity index (χ1v) is 8.62. The highest BCUT2D eigenvalue weighted by atomic mass is 32.2. The van der Waals surface area contributed by atoms with Gasteiger partial charge < -0.3 is 4.74 Å². The second-order valence-electron chi connectivity index (χ2n) is 5.19. The van der Waals surface area contributed by atoms with E-state index in [1.807, 2.05) is 24.3 Å². The molecular formula is C19H22O2S. The largest absolute Gasteiger partial charge is 0.468 e. The van der Waals surface area contributed by atoms with Gasteiger partial charge in [-0.15, -0.1) is 11.8 Å². The van der Waals surface area contributed by atoms with E-state index in [-0.39, 0.29) is 11.2 Å². The molecule has 0 aliphatic rings. The fourth-order valence-electron chi connectivity index (χ4n) is 2.31. The Morgan fingerprint density at radius 3 is 2.18 bits per heavy atom. The molecule has 0 radical (unpaired) electrons. The molecule has 1 unspecified atom stereocenters. The number of rotatable bonds is 8. The lowest BCUT2D eigenvalue weighted by Gasteiger charge is -2.14. The second-order valence-corrected chi connectivity index (χ2v) is 6.38. The summed E-state index contributed by atoms with van der Waals surface area (Å²) in [6, 6.07) is 20.6. The molecule has 0 heterocycles. The van der Waals surface area contributed by atoms with Crippen LogP contribution in [0.5, 0.6) is 0 Å². The predicted molar refractivity (Wildman–Crippen MR) is 92.9 cm³/mol. The Kier molecular flexibility index (Phi) is 7.04. The number of benzene rings is 2. The fraction of sp³-hybridized carbons (Fsp3) is 0.316. The van der Waals surface area contributed by atoms with Gasteiger partial charge in [0.15, 0.2) is 0 Å². The smallest absolute Gasteiger partial charge is 0.318 e. The number of carbonyl (C=O) groups is 1. The third-order valence-electron chi connectivity index (χ3n) is 3.53. The molecule has 2 nitrogen and oxygen atoms in total. The maximum Gasteiger partial charge on any atom is 0.318 e. The van der Waals surface area contributed by atoms with Crippen LogP contribution in [0.15, 0.2) is 60.7 Å². The van der Waals surface area contributed by atoms with Crippen LogP contribution in [0.3, 0.4) is 0 Å². The molecule has 1 atom stereocenters. The maximum atomic E-state index is 11.9. The van der Waals surface area contributed by atoms with Gasteiger partial charge in [0.2, 0.25) is 0 Å². The summed E-state index contributed by atoms with van der Waals surface area (Å²) >= 11 is 1.67. The van der Waals surface area contributed by atoms with Crippen molar-refractivity contribution in [2.75, 3.05) is 7.11 Å². The van der Waals surface area contributed by atoms with E-state index in [0.717, 1.165) is 25.0 Å². The van der Waals surface area contributed by atoms with Crippen molar-refractivity contribution in [3.8, 4) is 0 Å². The Morgan fingerprint density at radius 1 is 1.00 bits per heavy atom. The summed E-state index contributed by atoms with van der Waals surface area (Å²) in [5.74, 6) is 0.723. The van der Waals surface area contributed by atoms with Crippen molar-refractivity contribution >= 4 is 17.7 Å². The molecule has 3 heteroatoms. The highest BCUT2D eigenvalue weighted by molar-refractivity contribution is 7.99. The van der Waals surface area contributed by atoms with Crippen LogP contribution < -0.4 is 0 Å². The molecule has 0 aliphatic carbocycles. The van der Waals surface area contributed by atoms with Crippen molar-refractivity contribution in [2.45, 2.75) is 30.3 Å². The van der Waals surface area contributed by atoms with Crippen molar-refractivity contribution in [2.24, 2.45) is 0 Å². The van der Waals surface area contributed by atoms with E-state index in [0.29, 0.717) is 0 Å². The van der Waals surface area contributed by atoms with Crippen LogP contribution in [0.4, 0.5) is 0 Å². The molecule has 0 spiro atoms. The van der Waals surface area contributed by atoms with Gasteiger partial charge in [-0.05, 0) is 30.4 Å². The molecular weight excluding hydrogens is 292 g/mol. The average Bonchev–Trinajstić information content (AvgIpc) is 2.59. The van der Waals surface area contributed by atoms with E-state index in [2.05, 4.69) is 36.4 Å². The number of hydrogen-bond donors (Lipinski definition) is 0. The Hall–Kier alpha value is -1.74. The lowest BCUT2D eigenvalue weighted by molar-refractivity contribution is -0.140. The molecule has 0 aromatic heterocycles. The molecule has 0 bridgehead atoms. The highest BCUT2D eigenvalue weighted by Gasteiger charge is 2.19. The van der Waals surface area contributed by atoms with Crippen LogP contribution in [0.2, 0.25) is 0 Å². The SMILES string of the molecule is COC(=O)C(CCCc1ccccc1)SCc1ccccc1. The summed E-state index contributed by atoms with van der Waals surface area (Å²) in [6.07, 6.45) is 2.84. The predicted octanol–water partition coefficient (Wildman–Crippen LogP) is 4.48. The Morgan fingerprint density at radius 2 is 1.59 bits per heavy atom. The summed E-state index contributed by atoms with van der Waals surface area (Å²) in [6.45, 7) is 0.